The van der Waals surface area contributed by atoms with Crippen molar-refractivity contribution in [3.63, 3.8) is 0 Å². The van der Waals surface area contributed by atoms with E-state index in [9.17, 15) is 0 Å². The Labute approximate surface area is 96.1 Å². The summed E-state index contributed by atoms with van der Waals surface area (Å²) in [6, 6.07) is 5.49. The minimum Gasteiger partial charge on any atom is -0.474 e. The molecule has 2 rings (SSSR count). The quantitative estimate of drug-likeness (QED) is 0.763. The van der Waals surface area contributed by atoms with Crippen LogP contribution in [0.1, 0.15) is 38.2 Å². The highest BCUT2D eigenvalue weighted by Gasteiger charge is 2.19. The monoisotopic (exact) mass is 216 g/mol. The second-order valence-corrected chi connectivity index (χ2v) is 4.49. The molecule has 1 saturated carbocycles. The lowest BCUT2D eigenvalue weighted by Crippen LogP contribution is -2.23. The van der Waals surface area contributed by atoms with Crippen LogP contribution in [-0.2, 0) is 0 Å². The molecule has 3 nitrogen and oxygen atoms in total. The summed E-state index contributed by atoms with van der Waals surface area (Å²) in [5.41, 5.74) is 0.606. The van der Waals surface area contributed by atoms with Gasteiger partial charge in [-0.05, 0) is 37.7 Å². The van der Waals surface area contributed by atoms with Crippen molar-refractivity contribution < 1.29 is 4.74 Å². The van der Waals surface area contributed by atoms with Gasteiger partial charge < -0.3 is 4.74 Å². The Balaban J connectivity index is 1.96. The van der Waals surface area contributed by atoms with E-state index >= 15 is 0 Å². The Hall–Kier alpha value is -1.56. The standard InChI is InChI=1S/C13H16N2O/c1-10-2-4-12(5-3-10)16-13-8-11(9-14)6-7-15-13/h6-8,10,12H,2-5H2,1H3. The highest BCUT2D eigenvalue weighted by atomic mass is 16.5. The molecule has 16 heavy (non-hydrogen) atoms. The first-order valence-corrected chi connectivity index (χ1v) is 5.80. The molecule has 1 aliphatic rings. The fraction of sp³-hybridized carbons (Fsp3) is 0.538. The molecule has 0 atom stereocenters. The predicted molar refractivity (Wildman–Crippen MR) is 61.0 cm³/mol. The minimum atomic E-state index is 0.276. The highest BCUT2D eigenvalue weighted by Crippen LogP contribution is 2.26. The van der Waals surface area contributed by atoms with Crippen LogP contribution < -0.4 is 4.74 Å². The van der Waals surface area contributed by atoms with Crippen molar-refractivity contribution >= 4 is 0 Å². The molecule has 0 radical (unpaired) electrons. The number of ether oxygens (including phenoxy) is 1. The van der Waals surface area contributed by atoms with E-state index in [0.717, 1.165) is 18.8 Å². The summed E-state index contributed by atoms with van der Waals surface area (Å²) in [4.78, 5) is 4.13. The molecular weight excluding hydrogens is 200 g/mol. The lowest BCUT2D eigenvalue weighted by Gasteiger charge is -2.26. The normalized spacial score (nSPS) is 24.8. The van der Waals surface area contributed by atoms with Gasteiger partial charge in [0.2, 0.25) is 5.88 Å². The zero-order chi connectivity index (χ0) is 11.4. The third-order valence-corrected chi connectivity index (χ3v) is 3.11. The van der Waals surface area contributed by atoms with Crippen LogP contribution in [0.4, 0.5) is 0 Å². The fourth-order valence-corrected chi connectivity index (χ4v) is 2.06. The van der Waals surface area contributed by atoms with Gasteiger partial charge in [0.25, 0.3) is 0 Å². The summed E-state index contributed by atoms with van der Waals surface area (Å²) in [6.07, 6.45) is 6.54. The van der Waals surface area contributed by atoms with Gasteiger partial charge in [0.15, 0.2) is 0 Å². The van der Waals surface area contributed by atoms with Crippen LogP contribution in [0.3, 0.4) is 0 Å². The maximum atomic E-state index is 8.77. The Bertz CT molecular complexity index is 389. The maximum Gasteiger partial charge on any atom is 0.214 e. The Kier molecular flexibility index (Phi) is 3.40. The van der Waals surface area contributed by atoms with Crippen LogP contribution in [0, 0.1) is 17.2 Å². The van der Waals surface area contributed by atoms with E-state index in [1.165, 1.54) is 12.8 Å². The SMILES string of the molecule is CC1CCC(Oc2cc(C#N)ccn2)CC1. The number of aromatic nitrogens is 1. The molecule has 0 saturated heterocycles. The summed E-state index contributed by atoms with van der Waals surface area (Å²) < 4.78 is 5.78. The fourth-order valence-electron chi connectivity index (χ4n) is 2.06. The van der Waals surface area contributed by atoms with Crippen molar-refractivity contribution in [1.82, 2.24) is 4.98 Å². The maximum absolute atomic E-state index is 8.77. The van der Waals surface area contributed by atoms with E-state index in [2.05, 4.69) is 18.0 Å². The number of rotatable bonds is 2. The predicted octanol–water partition coefficient (Wildman–Crippen LogP) is 2.91. The molecule has 1 heterocycles. The van der Waals surface area contributed by atoms with Crippen LogP contribution in [0.2, 0.25) is 0 Å². The van der Waals surface area contributed by atoms with Gasteiger partial charge in [0.1, 0.15) is 6.10 Å². The van der Waals surface area contributed by atoms with Gasteiger partial charge >= 0.3 is 0 Å². The van der Waals surface area contributed by atoms with Crippen molar-refractivity contribution in [2.45, 2.75) is 38.7 Å². The summed E-state index contributed by atoms with van der Waals surface area (Å²) in [5, 5.41) is 8.77. The van der Waals surface area contributed by atoms with Crippen LogP contribution in [-0.4, -0.2) is 11.1 Å². The smallest absolute Gasteiger partial charge is 0.214 e. The van der Waals surface area contributed by atoms with Crippen molar-refractivity contribution in [2.75, 3.05) is 0 Å². The first kappa shape index (κ1) is 10.9. The van der Waals surface area contributed by atoms with Gasteiger partial charge in [-0.2, -0.15) is 5.26 Å². The molecule has 0 aromatic carbocycles. The van der Waals surface area contributed by atoms with Gasteiger partial charge in [-0.15, -0.1) is 0 Å². The molecule has 84 valence electrons. The van der Waals surface area contributed by atoms with E-state index in [4.69, 9.17) is 10.00 Å². The zero-order valence-corrected chi connectivity index (χ0v) is 9.52. The van der Waals surface area contributed by atoms with E-state index in [1.54, 1.807) is 18.3 Å². The molecule has 0 amide bonds. The number of nitrogens with zero attached hydrogens (tertiary/aromatic N) is 2. The molecule has 0 unspecified atom stereocenters. The number of hydrogen-bond acceptors (Lipinski definition) is 3. The zero-order valence-electron chi connectivity index (χ0n) is 9.52. The summed E-state index contributed by atoms with van der Waals surface area (Å²) >= 11 is 0. The molecule has 0 bridgehead atoms. The van der Waals surface area contributed by atoms with Crippen molar-refractivity contribution in [1.29, 1.82) is 5.26 Å². The van der Waals surface area contributed by atoms with Crippen LogP contribution in [0.25, 0.3) is 0 Å². The average Bonchev–Trinajstić information content (AvgIpc) is 2.32. The van der Waals surface area contributed by atoms with E-state index in [-0.39, 0.29) is 6.10 Å². The minimum absolute atomic E-state index is 0.276. The summed E-state index contributed by atoms with van der Waals surface area (Å²) in [7, 11) is 0. The number of pyridine rings is 1. The molecule has 1 fully saturated rings. The van der Waals surface area contributed by atoms with Crippen LogP contribution in [0.15, 0.2) is 18.3 Å². The molecule has 3 heteroatoms. The van der Waals surface area contributed by atoms with Crippen molar-refractivity contribution in [3.8, 4) is 11.9 Å². The Morgan fingerprint density at radius 2 is 2.12 bits per heavy atom. The largest absolute Gasteiger partial charge is 0.474 e. The second-order valence-electron chi connectivity index (χ2n) is 4.49. The van der Waals surface area contributed by atoms with E-state index < -0.39 is 0 Å². The van der Waals surface area contributed by atoms with Gasteiger partial charge in [-0.25, -0.2) is 4.98 Å². The van der Waals surface area contributed by atoms with Gasteiger partial charge in [-0.1, -0.05) is 6.92 Å². The first-order chi connectivity index (χ1) is 7.78. The lowest BCUT2D eigenvalue weighted by atomic mass is 9.89. The third-order valence-electron chi connectivity index (χ3n) is 3.11. The van der Waals surface area contributed by atoms with E-state index in [0.29, 0.717) is 11.4 Å². The first-order valence-electron chi connectivity index (χ1n) is 5.80. The van der Waals surface area contributed by atoms with Gasteiger partial charge in [0, 0.05) is 12.3 Å². The second kappa shape index (κ2) is 4.98. The molecule has 0 aliphatic heterocycles. The molecule has 1 aromatic rings. The highest BCUT2D eigenvalue weighted by molar-refractivity contribution is 5.31. The Morgan fingerprint density at radius 3 is 2.81 bits per heavy atom. The molecule has 1 aromatic heterocycles. The van der Waals surface area contributed by atoms with Crippen molar-refractivity contribution in [3.05, 3.63) is 23.9 Å². The van der Waals surface area contributed by atoms with E-state index in [1.807, 2.05) is 0 Å². The number of hydrogen-bond donors (Lipinski definition) is 0. The summed E-state index contributed by atoms with van der Waals surface area (Å²) in [6.45, 7) is 2.28. The van der Waals surface area contributed by atoms with Crippen LogP contribution >= 0.6 is 0 Å². The average molecular weight is 216 g/mol. The Morgan fingerprint density at radius 1 is 1.38 bits per heavy atom. The topological polar surface area (TPSA) is 45.9 Å². The molecular formula is C13H16N2O. The third kappa shape index (κ3) is 2.73. The number of nitriles is 1. The van der Waals surface area contributed by atoms with Gasteiger partial charge in [0.05, 0.1) is 11.6 Å². The molecule has 1 aliphatic carbocycles. The molecule has 0 spiro atoms. The lowest BCUT2D eigenvalue weighted by molar-refractivity contribution is 0.130. The summed E-state index contributed by atoms with van der Waals surface area (Å²) in [5.74, 6) is 1.40. The van der Waals surface area contributed by atoms with Crippen molar-refractivity contribution in [2.24, 2.45) is 5.92 Å². The van der Waals surface area contributed by atoms with Crippen LogP contribution in [0.5, 0.6) is 5.88 Å². The van der Waals surface area contributed by atoms with Gasteiger partial charge in [-0.3, -0.25) is 0 Å². The molecule has 0 N–H and O–H groups in total.